The van der Waals surface area contributed by atoms with Gasteiger partial charge in [-0.3, -0.25) is 9.59 Å². The lowest BCUT2D eigenvalue weighted by atomic mass is 10.2. The third kappa shape index (κ3) is 5.65. The van der Waals surface area contributed by atoms with Gasteiger partial charge >= 0.3 is 5.97 Å². The Labute approximate surface area is 156 Å². The summed E-state index contributed by atoms with van der Waals surface area (Å²) in [6.07, 6.45) is 0.785. The van der Waals surface area contributed by atoms with Crippen molar-refractivity contribution in [2.45, 2.75) is 17.7 Å². The Hall–Kier alpha value is -2.23. The van der Waals surface area contributed by atoms with Crippen molar-refractivity contribution in [3.63, 3.8) is 0 Å². The number of nitrogens with one attached hydrogen (secondary N) is 1. The number of hydrogen-bond donors (Lipinski definition) is 1. The molecule has 9 heteroatoms. The van der Waals surface area contributed by atoms with E-state index in [1.165, 1.54) is 38.4 Å². The number of benzene rings is 1. The first-order valence-electron chi connectivity index (χ1n) is 7.78. The molecule has 140 valence electrons. The van der Waals surface area contributed by atoms with Gasteiger partial charge in [-0.15, -0.1) is 0 Å². The molecule has 1 N–H and O–H groups in total. The molecule has 1 aromatic carbocycles. The van der Waals surface area contributed by atoms with Crippen LogP contribution in [0.15, 0.2) is 46.0 Å². The second-order valence-corrected chi connectivity index (χ2v) is 8.58. The average Bonchev–Trinajstić information content (AvgIpc) is 3.12. The number of thiophene rings is 1. The van der Waals surface area contributed by atoms with Crippen LogP contribution in [-0.4, -0.2) is 45.3 Å². The van der Waals surface area contributed by atoms with Gasteiger partial charge in [0.2, 0.25) is 10.0 Å². The van der Waals surface area contributed by atoms with Crippen LogP contribution in [0.2, 0.25) is 0 Å². The summed E-state index contributed by atoms with van der Waals surface area (Å²) in [5.41, 5.74) is 1.48. The number of ether oxygens (including phenoxy) is 1. The van der Waals surface area contributed by atoms with E-state index in [0.717, 1.165) is 9.87 Å². The molecular weight excluding hydrogens is 376 g/mol. The fourth-order valence-corrected chi connectivity index (χ4v) is 3.62. The smallest absolute Gasteiger partial charge is 0.306 e. The lowest BCUT2D eigenvalue weighted by Crippen LogP contribution is -2.22. The number of aryl methyl sites for hydroxylation is 1. The molecular formula is C17H20N2O5S2. The molecule has 0 saturated heterocycles. The maximum Gasteiger partial charge on any atom is 0.306 e. The molecule has 0 fully saturated rings. The number of carbonyl (C=O) groups is 2. The van der Waals surface area contributed by atoms with Crippen LogP contribution in [0.25, 0.3) is 0 Å². The average molecular weight is 396 g/mol. The van der Waals surface area contributed by atoms with Crippen molar-refractivity contribution in [2.24, 2.45) is 0 Å². The summed E-state index contributed by atoms with van der Waals surface area (Å²) in [5.74, 6) is -0.934. The number of nitrogens with zero attached hydrogens (tertiary/aromatic N) is 1. The molecule has 1 aromatic heterocycles. The molecule has 0 radical (unpaired) electrons. The van der Waals surface area contributed by atoms with E-state index in [0.29, 0.717) is 12.1 Å². The number of amides is 1. The molecule has 0 bridgehead atoms. The minimum Gasteiger partial charge on any atom is -0.456 e. The molecule has 0 aliphatic heterocycles. The van der Waals surface area contributed by atoms with Crippen molar-refractivity contribution in [2.75, 3.05) is 26.0 Å². The first-order valence-corrected chi connectivity index (χ1v) is 10.2. The van der Waals surface area contributed by atoms with Crippen molar-refractivity contribution < 1.29 is 22.7 Å². The SMILES string of the molecule is CN(C)S(=O)(=O)c1ccc(NC(=O)COC(=O)CCc2ccsc2)cc1. The second kappa shape index (κ2) is 8.93. The van der Waals surface area contributed by atoms with Gasteiger partial charge < -0.3 is 10.1 Å². The molecule has 0 aliphatic carbocycles. The summed E-state index contributed by atoms with van der Waals surface area (Å²) in [7, 11) is -0.632. The maximum atomic E-state index is 12.0. The number of rotatable bonds is 8. The molecule has 1 heterocycles. The van der Waals surface area contributed by atoms with Crippen molar-refractivity contribution in [1.29, 1.82) is 0 Å². The Morgan fingerprint density at radius 2 is 1.85 bits per heavy atom. The Balaban J connectivity index is 1.79. The zero-order valence-electron chi connectivity index (χ0n) is 14.5. The third-order valence-electron chi connectivity index (χ3n) is 3.48. The van der Waals surface area contributed by atoms with E-state index in [1.54, 1.807) is 11.3 Å². The fraction of sp³-hybridized carbons (Fsp3) is 0.294. The fourth-order valence-electron chi connectivity index (χ4n) is 2.02. The van der Waals surface area contributed by atoms with Crippen LogP contribution >= 0.6 is 11.3 Å². The summed E-state index contributed by atoms with van der Waals surface area (Å²) >= 11 is 1.56. The topological polar surface area (TPSA) is 92.8 Å². The van der Waals surface area contributed by atoms with E-state index >= 15 is 0 Å². The highest BCUT2D eigenvalue weighted by atomic mass is 32.2. The van der Waals surface area contributed by atoms with Crippen molar-refractivity contribution in [3.8, 4) is 0 Å². The van der Waals surface area contributed by atoms with Crippen LogP contribution in [0, 0.1) is 0 Å². The molecule has 0 aliphatic rings. The van der Waals surface area contributed by atoms with Gasteiger partial charge in [-0.2, -0.15) is 11.3 Å². The van der Waals surface area contributed by atoms with E-state index in [2.05, 4.69) is 5.32 Å². The molecule has 2 rings (SSSR count). The van der Waals surface area contributed by atoms with Crippen LogP contribution in [-0.2, 0) is 30.8 Å². The third-order valence-corrected chi connectivity index (χ3v) is 6.04. The van der Waals surface area contributed by atoms with Gasteiger partial charge in [-0.25, -0.2) is 12.7 Å². The number of hydrogen-bond acceptors (Lipinski definition) is 6. The normalized spacial score (nSPS) is 11.3. The quantitative estimate of drug-likeness (QED) is 0.690. The summed E-state index contributed by atoms with van der Waals surface area (Å²) in [6, 6.07) is 7.69. The van der Waals surface area contributed by atoms with E-state index in [9.17, 15) is 18.0 Å². The zero-order chi connectivity index (χ0) is 19.2. The lowest BCUT2D eigenvalue weighted by Gasteiger charge is -2.12. The predicted octanol–water partition coefficient (Wildman–Crippen LogP) is 2.11. The molecule has 1 amide bonds. The van der Waals surface area contributed by atoms with Crippen LogP contribution in [0.3, 0.4) is 0 Å². The minimum absolute atomic E-state index is 0.125. The summed E-state index contributed by atoms with van der Waals surface area (Å²) in [5, 5.41) is 6.44. The van der Waals surface area contributed by atoms with E-state index < -0.39 is 21.9 Å². The molecule has 0 spiro atoms. The van der Waals surface area contributed by atoms with Crippen LogP contribution in [0.4, 0.5) is 5.69 Å². The standard InChI is InChI=1S/C17H20N2O5S2/c1-19(2)26(22,23)15-6-4-14(5-7-15)18-16(20)11-24-17(21)8-3-13-9-10-25-12-13/h4-7,9-10,12H,3,8,11H2,1-2H3,(H,18,20). The maximum absolute atomic E-state index is 12.0. The van der Waals surface area contributed by atoms with Gasteiger partial charge in [-0.1, -0.05) is 0 Å². The molecule has 0 unspecified atom stereocenters. The zero-order valence-corrected chi connectivity index (χ0v) is 16.1. The minimum atomic E-state index is -3.52. The highest BCUT2D eigenvalue weighted by molar-refractivity contribution is 7.89. The van der Waals surface area contributed by atoms with Crippen LogP contribution in [0.5, 0.6) is 0 Å². The summed E-state index contributed by atoms with van der Waals surface area (Å²) < 4.78 is 30.0. The molecule has 2 aromatic rings. The largest absolute Gasteiger partial charge is 0.456 e. The van der Waals surface area contributed by atoms with E-state index in [4.69, 9.17) is 4.74 Å². The first kappa shape index (κ1) is 20.1. The highest BCUT2D eigenvalue weighted by Gasteiger charge is 2.17. The summed E-state index contributed by atoms with van der Waals surface area (Å²) in [4.78, 5) is 23.6. The Morgan fingerprint density at radius 1 is 1.15 bits per heavy atom. The number of carbonyl (C=O) groups excluding carboxylic acids is 2. The van der Waals surface area contributed by atoms with Crippen LogP contribution in [0.1, 0.15) is 12.0 Å². The molecule has 7 nitrogen and oxygen atoms in total. The van der Waals surface area contributed by atoms with Crippen molar-refractivity contribution in [3.05, 3.63) is 46.7 Å². The van der Waals surface area contributed by atoms with Gasteiger partial charge in [0.25, 0.3) is 5.91 Å². The van der Waals surface area contributed by atoms with Gasteiger partial charge in [0, 0.05) is 26.2 Å². The van der Waals surface area contributed by atoms with Gasteiger partial charge in [0.05, 0.1) is 4.90 Å². The highest BCUT2D eigenvalue weighted by Crippen LogP contribution is 2.16. The lowest BCUT2D eigenvalue weighted by molar-refractivity contribution is -0.147. The van der Waals surface area contributed by atoms with Crippen LogP contribution < -0.4 is 5.32 Å². The Bertz CT molecular complexity index is 844. The monoisotopic (exact) mass is 396 g/mol. The first-order chi connectivity index (χ1) is 12.3. The van der Waals surface area contributed by atoms with E-state index in [1.807, 2.05) is 16.8 Å². The molecule has 0 saturated carbocycles. The van der Waals surface area contributed by atoms with Crippen molar-refractivity contribution >= 4 is 38.9 Å². The number of esters is 1. The van der Waals surface area contributed by atoms with E-state index in [-0.39, 0.29) is 17.9 Å². The van der Waals surface area contributed by atoms with Gasteiger partial charge in [0.1, 0.15) is 0 Å². The Morgan fingerprint density at radius 3 is 2.42 bits per heavy atom. The Kier molecular flexibility index (Phi) is 6.90. The van der Waals surface area contributed by atoms with Crippen molar-refractivity contribution in [1.82, 2.24) is 4.31 Å². The van der Waals surface area contributed by atoms with Gasteiger partial charge in [-0.05, 0) is 53.1 Å². The summed E-state index contributed by atoms with van der Waals surface area (Å²) in [6.45, 7) is -0.389. The number of sulfonamides is 1. The molecule has 0 atom stereocenters. The predicted molar refractivity (Wildman–Crippen MR) is 99.5 cm³/mol. The molecule has 26 heavy (non-hydrogen) atoms. The van der Waals surface area contributed by atoms with Gasteiger partial charge in [0.15, 0.2) is 6.61 Å². The second-order valence-electron chi connectivity index (χ2n) is 5.65. The number of anilines is 1.